The molecule has 0 radical (unpaired) electrons. The summed E-state index contributed by atoms with van der Waals surface area (Å²) in [4.78, 5) is 19.4. The molecule has 1 aromatic heterocycles. The van der Waals surface area contributed by atoms with Gasteiger partial charge in [-0.2, -0.15) is 0 Å². The van der Waals surface area contributed by atoms with Gasteiger partial charge in [-0.15, -0.1) is 0 Å². The minimum absolute atomic E-state index is 0.342. The molecule has 0 saturated heterocycles. The number of nitrogens with zero attached hydrogens (tertiary/aromatic N) is 2. The summed E-state index contributed by atoms with van der Waals surface area (Å²) in [6, 6.07) is 5.42. The van der Waals surface area contributed by atoms with Gasteiger partial charge in [0.2, 0.25) is 0 Å². The molecule has 5 heteroatoms. The fourth-order valence-electron chi connectivity index (χ4n) is 1.68. The lowest BCUT2D eigenvalue weighted by Crippen LogP contribution is -2.05. The first-order chi connectivity index (χ1) is 9.20. The third-order valence-electron chi connectivity index (χ3n) is 2.76. The Morgan fingerprint density at radius 3 is 2.74 bits per heavy atom. The molecule has 0 aliphatic heterocycles. The third kappa shape index (κ3) is 3.28. The Bertz CT molecular complexity index is 570. The Morgan fingerprint density at radius 1 is 1.32 bits per heavy atom. The SMILES string of the molecule is COC(=O)c1ccc(C)c(NCc2cncnc2)c1. The Labute approximate surface area is 111 Å². The van der Waals surface area contributed by atoms with E-state index in [1.807, 2.05) is 13.0 Å². The zero-order chi connectivity index (χ0) is 13.7. The van der Waals surface area contributed by atoms with Crippen molar-refractivity contribution >= 4 is 11.7 Å². The molecule has 5 nitrogen and oxygen atoms in total. The summed E-state index contributed by atoms with van der Waals surface area (Å²) < 4.78 is 4.71. The second-order valence-corrected chi connectivity index (χ2v) is 4.12. The van der Waals surface area contributed by atoms with E-state index < -0.39 is 0 Å². The zero-order valence-electron chi connectivity index (χ0n) is 10.9. The second kappa shape index (κ2) is 5.95. The van der Waals surface area contributed by atoms with Crippen LogP contribution in [0.3, 0.4) is 0 Å². The minimum atomic E-state index is -0.342. The molecule has 0 saturated carbocycles. The van der Waals surface area contributed by atoms with Crippen LogP contribution in [0.1, 0.15) is 21.5 Å². The highest BCUT2D eigenvalue weighted by molar-refractivity contribution is 5.90. The van der Waals surface area contributed by atoms with Crippen LogP contribution >= 0.6 is 0 Å². The van der Waals surface area contributed by atoms with Crippen molar-refractivity contribution < 1.29 is 9.53 Å². The number of anilines is 1. The summed E-state index contributed by atoms with van der Waals surface area (Å²) in [6.07, 6.45) is 4.99. The summed E-state index contributed by atoms with van der Waals surface area (Å²) in [7, 11) is 1.37. The van der Waals surface area contributed by atoms with Crippen molar-refractivity contribution in [3.05, 3.63) is 53.6 Å². The topological polar surface area (TPSA) is 64.1 Å². The van der Waals surface area contributed by atoms with Crippen molar-refractivity contribution in [3.8, 4) is 0 Å². The van der Waals surface area contributed by atoms with E-state index in [0.29, 0.717) is 12.1 Å². The van der Waals surface area contributed by atoms with Crippen molar-refractivity contribution in [2.24, 2.45) is 0 Å². The molecule has 0 unspecified atom stereocenters. The third-order valence-corrected chi connectivity index (χ3v) is 2.76. The number of rotatable bonds is 4. The van der Waals surface area contributed by atoms with Crippen LogP contribution in [0.5, 0.6) is 0 Å². The van der Waals surface area contributed by atoms with Crippen LogP contribution in [-0.4, -0.2) is 23.0 Å². The van der Waals surface area contributed by atoms with Gasteiger partial charge in [0.1, 0.15) is 6.33 Å². The number of methoxy groups -OCH3 is 1. The van der Waals surface area contributed by atoms with Gasteiger partial charge in [0, 0.05) is 30.2 Å². The first-order valence-electron chi connectivity index (χ1n) is 5.87. The van der Waals surface area contributed by atoms with Crippen molar-refractivity contribution in [3.63, 3.8) is 0 Å². The summed E-state index contributed by atoms with van der Waals surface area (Å²) in [5.74, 6) is -0.342. The van der Waals surface area contributed by atoms with E-state index in [1.165, 1.54) is 13.4 Å². The van der Waals surface area contributed by atoms with Crippen LogP contribution in [-0.2, 0) is 11.3 Å². The van der Waals surface area contributed by atoms with Crippen LogP contribution in [0.15, 0.2) is 36.9 Å². The number of carbonyl (C=O) groups is 1. The Hall–Kier alpha value is -2.43. The first-order valence-corrected chi connectivity index (χ1v) is 5.87. The van der Waals surface area contributed by atoms with E-state index in [0.717, 1.165) is 16.8 Å². The Kier molecular flexibility index (Phi) is 4.07. The largest absolute Gasteiger partial charge is 0.465 e. The molecule has 1 heterocycles. The number of ether oxygens (including phenoxy) is 1. The highest BCUT2D eigenvalue weighted by Crippen LogP contribution is 2.18. The lowest BCUT2D eigenvalue weighted by molar-refractivity contribution is 0.0601. The second-order valence-electron chi connectivity index (χ2n) is 4.12. The summed E-state index contributed by atoms with van der Waals surface area (Å²) in [5, 5.41) is 3.26. The number of hydrogen-bond donors (Lipinski definition) is 1. The van der Waals surface area contributed by atoms with Crippen molar-refractivity contribution in [1.29, 1.82) is 0 Å². The quantitative estimate of drug-likeness (QED) is 0.850. The van der Waals surface area contributed by atoms with E-state index in [2.05, 4.69) is 15.3 Å². The predicted octanol–water partition coefficient (Wildman–Crippen LogP) is 2.18. The summed E-state index contributed by atoms with van der Waals surface area (Å²) in [5.41, 5.74) is 3.46. The first kappa shape index (κ1) is 13.0. The van der Waals surface area contributed by atoms with Gasteiger partial charge in [0.15, 0.2) is 0 Å². The summed E-state index contributed by atoms with van der Waals surface area (Å²) in [6.45, 7) is 2.58. The van der Waals surface area contributed by atoms with Crippen molar-refractivity contribution in [1.82, 2.24) is 9.97 Å². The molecule has 0 aliphatic carbocycles. The maximum Gasteiger partial charge on any atom is 0.337 e. The molecule has 0 aliphatic rings. The highest BCUT2D eigenvalue weighted by Gasteiger charge is 2.07. The van der Waals surface area contributed by atoms with Crippen LogP contribution < -0.4 is 5.32 Å². The van der Waals surface area contributed by atoms with Crippen LogP contribution in [0, 0.1) is 6.92 Å². The lowest BCUT2D eigenvalue weighted by atomic mass is 10.1. The van der Waals surface area contributed by atoms with Gasteiger partial charge >= 0.3 is 5.97 Å². The molecule has 1 aromatic carbocycles. The molecular weight excluding hydrogens is 242 g/mol. The predicted molar refractivity (Wildman–Crippen MR) is 71.9 cm³/mol. The number of aromatic nitrogens is 2. The Balaban J connectivity index is 2.13. The van der Waals surface area contributed by atoms with Gasteiger partial charge in [-0.25, -0.2) is 14.8 Å². The molecule has 2 rings (SSSR count). The molecule has 98 valence electrons. The summed E-state index contributed by atoms with van der Waals surface area (Å²) >= 11 is 0. The van der Waals surface area contributed by atoms with Gasteiger partial charge in [-0.1, -0.05) is 6.07 Å². The molecule has 2 aromatic rings. The smallest absolute Gasteiger partial charge is 0.337 e. The van der Waals surface area contributed by atoms with Gasteiger partial charge in [0.25, 0.3) is 0 Å². The number of aryl methyl sites for hydroxylation is 1. The molecule has 0 amide bonds. The standard InChI is InChI=1S/C14H15N3O2/c1-10-3-4-12(14(18)19-2)5-13(10)17-8-11-6-15-9-16-7-11/h3-7,9,17H,8H2,1-2H3. The number of hydrogen-bond acceptors (Lipinski definition) is 5. The molecule has 19 heavy (non-hydrogen) atoms. The van der Waals surface area contributed by atoms with E-state index in [9.17, 15) is 4.79 Å². The fourth-order valence-corrected chi connectivity index (χ4v) is 1.68. The van der Waals surface area contributed by atoms with Gasteiger partial charge in [0.05, 0.1) is 12.7 Å². The minimum Gasteiger partial charge on any atom is -0.465 e. The lowest BCUT2D eigenvalue weighted by Gasteiger charge is -2.10. The molecule has 0 atom stereocenters. The van der Waals surface area contributed by atoms with Crippen molar-refractivity contribution in [2.45, 2.75) is 13.5 Å². The number of nitrogens with one attached hydrogen (secondary N) is 1. The molecule has 0 fully saturated rings. The average Bonchev–Trinajstić information content (AvgIpc) is 2.46. The monoisotopic (exact) mass is 257 g/mol. The van der Waals surface area contributed by atoms with Crippen molar-refractivity contribution in [2.75, 3.05) is 12.4 Å². The normalized spacial score (nSPS) is 10.0. The number of benzene rings is 1. The Morgan fingerprint density at radius 2 is 2.05 bits per heavy atom. The molecule has 0 bridgehead atoms. The van der Waals surface area contributed by atoms with Gasteiger partial charge in [-0.3, -0.25) is 0 Å². The van der Waals surface area contributed by atoms with E-state index in [-0.39, 0.29) is 5.97 Å². The van der Waals surface area contributed by atoms with Crippen LogP contribution in [0.4, 0.5) is 5.69 Å². The van der Waals surface area contributed by atoms with E-state index >= 15 is 0 Å². The number of esters is 1. The average molecular weight is 257 g/mol. The van der Waals surface area contributed by atoms with Crippen LogP contribution in [0.2, 0.25) is 0 Å². The van der Waals surface area contributed by atoms with Gasteiger partial charge < -0.3 is 10.1 Å². The van der Waals surface area contributed by atoms with E-state index in [1.54, 1.807) is 24.5 Å². The zero-order valence-corrected chi connectivity index (χ0v) is 10.9. The maximum absolute atomic E-state index is 11.5. The van der Waals surface area contributed by atoms with Gasteiger partial charge in [-0.05, 0) is 24.6 Å². The molecule has 0 spiro atoms. The van der Waals surface area contributed by atoms with E-state index in [4.69, 9.17) is 4.74 Å². The van der Waals surface area contributed by atoms with Crippen LogP contribution in [0.25, 0.3) is 0 Å². The number of carbonyl (C=O) groups excluding carboxylic acids is 1. The maximum atomic E-state index is 11.5. The molecule has 1 N–H and O–H groups in total. The fraction of sp³-hybridized carbons (Fsp3) is 0.214. The molecular formula is C14H15N3O2. The highest BCUT2D eigenvalue weighted by atomic mass is 16.5.